The monoisotopic (exact) mass is 290 g/mol. The van der Waals surface area contributed by atoms with Gasteiger partial charge in [-0.25, -0.2) is 0 Å². The maximum Gasteiger partial charge on any atom is 0.317 e. The third-order valence-electron chi connectivity index (χ3n) is 3.78. The van der Waals surface area contributed by atoms with E-state index in [2.05, 4.69) is 0 Å². The second-order valence-corrected chi connectivity index (χ2v) is 5.57. The molecule has 1 fully saturated rings. The number of carbonyl (C=O) groups excluding carboxylic acids is 1. The molecule has 1 aliphatic heterocycles. The highest BCUT2D eigenvalue weighted by Gasteiger charge is 2.20. The number of aryl methyl sites for hydroxylation is 1. The molecule has 2 rings (SSSR count). The Bertz CT molecular complexity index is 499. The van der Waals surface area contributed by atoms with Crippen LogP contribution in [0.1, 0.15) is 17.5 Å². The maximum atomic E-state index is 12.3. The minimum absolute atomic E-state index is 0.0555. The fourth-order valence-electron chi connectivity index (χ4n) is 2.56. The van der Waals surface area contributed by atoms with Gasteiger partial charge in [0.25, 0.3) is 0 Å². The van der Waals surface area contributed by atoms with Crippen LogP contribution in [-0.4, -0.2) is 59.5 Å². The van der Waals surface area contributed by atoms with Gasteiger partial charge in [-0.3, -0.25) is 14.5 Å². The van der Waals surface area contributed by atoms with Crippen LogP contribution in [0.2, 0.25) is 0 Å². The Labute approximate surface area is 125 Å². The van der Waals surface area contributed by atoms with Crippen LogP contribution in [0.5, 0.6) is 0 Å². The fourth-order valence-corrected chi connectivity index (χ4v) is 2.56. The van der Waals surface area contributed by atoms with Crippen molar-refractivity contribution in [3.05, 3.63) is 35.4 Å². The van der Waals surface area contributed by atoms with E-state index in [4.69, 9.17) is 5.11 Å². The van der Waals surface area contributed by atoms with Crippen molar-refractivity contribution in [1.29, 1.82) is 0 Å². The number of carboxylic acids is 1. The van der Waals surface area contributed by atoms with Gasteiger partial charge in [0.05, 0.1) is 13.0 Å². The van der Waals surface area contributed by atoms with Gasteiger partial charge in [0.15, 0.2) is 0 Å². The van der Waals surface area contributed by atoms with E-state index in [1.54, 1.807) is 0 Å². The van der Waals surface area contributed by atoms with Gasteiger partial charge < -0.3 is 10.0 Å². The Morgan fingerprint density at radius 3 is 2.48 bits per heavy atom. The number of amides is 1. The highest BCUT2D eigenvalue weighted by atomic mass is 16.4. The van der Waals surface area contributed by atoms with Gasteiger partial charge in [0.1, 0.15) is 0 Å². The predicted molar refractivity (Wildman–Crippen MR) is 80.2 cm³/mol. The van der Waals surface area contributed by atoms with Crippen molar-refractivity contribution >= 4 is 11.9 Å². The summed E-state index contributed by atoms with van der Waals surface area (Å²) >= 11 is 0. The Morgan fingerprint density at radius 1 is 1.10 bits per heavy atom. The van der Waals surface area contributed by atoms with E-state index in [9.17, 15) is 9.59 Å². The number of hydrogen-bond donors (Lipinski definition) is 1. The molecular formula is C16H22N2O3. The number of nitrogens with zero attached hydrogens (tertiary/aromatic N) is 2. The molecule has 0 saturated carbocycles. The fraction of sp³-hybridized carbons (Fsp3) is 0.500. The molecule has 1 N–H and O–H groups in total. The molecule has 1 aliphatic rings. The van der Waals surface area contributed by atoms with Crippen molar-refractivity contribution in [2.75, 3.05) is 32.7 Å². The zero-order valence-corrected chi connectivity index (χ0v) is 12.4. The lowest BCUT2D eigenvalue weighted by Gasteiger charge is -2.21. The van der Waals surface area contributed by atoms with Crippen LogP contribution >= 0.6 is 0 Å². The molecule has 1 heterocycles. The van der Waals surface area contributed by atoms with E-state index in [1.807, 2.05) is 41.0 Å². The second kappa shape index (κ2) is 7.22. The molecule has 1 amide bonds. The average Bonchev–Trinajstić information content (AvgIpc) is 2.66. The van der Waals surface area contributed by atoms with Gasteiger partial charge >= 0.3 is 5.97 Å². The summed E-state index contributed by atoms with van der Waals surface area (Å²) in [4.78, 5) is 26.8. The van der Waals surface area contributed by atoms with E-state index in [1.165, 1.54) is 5.56 Å². The minimum atomic E-state index is -0.811. The van der Waals surface area contributed by atoms with Gasteiger partial charge in [-0.1, -0.05) is 29.8 Å². The summed E-state index contributed by atoms with van der Waals surface area (Å²) in [5.74, 6) is -0.689. The summed E-state index contributed by atoms with van der Waals surface area (Å²) in [6, 6.07) is 8.00. The summed E-state index contributed by atoms with van der Waals surface area (Å²) in [5.41, 5.74) is 2.21. The van der Waals surface area contributed by atoms with Crippen molar-refractivity contribution in [1.82, 2.24) is 9.80 Å². The molecule has 0 bridgehead atoms. The van der Waals surface area contributed by atoms with E-state index in [0.29, 0.717) is 26.1 Å². The van der Waals surface area contributed by atoms with Crippen LogP contribution in [0.3, 0.4) is 0 Å². The Kier molecular flexibility index (Phi) is 5.33. The Hall–Kier alpha value is -1.88. The molecule has 1 saturated heterocycles. The topological polar surface area (TPSA) is 60.9 Å². The zero-order chi connectivity index (χ0) is 15.2. The summed E-state index contributed by atoms with van der Waals surface area (Å²) in [6.07, 6.45) is 1.24. The summed E-state index contributed by atoms with van der Waals surface area (Å²) in [7, 11) is 0. The van der Waals surface area contributed by atoms with E-state index in [-0.39, 0.29) is 12.5 Å². The number of hydrogen-bond acceptors (Lipinski definition) is 3. The van der Waals surface area contributed by atoms with Crippen molar-refractivity contribution < 1.29 is 14.7 Å². The summed E-state index contributed by atoms with van der Waals surface area (Å²) in [6.45, 7) is 4.77. The molecule has 21 heavy (non-hydrogen) atoms. The van der Waals surface area contributed by atoms with Gasteiger partial charge in [0, 0.05) is 26.2 Å². The third kappa shape index (κ3) is 4.86. The lowest BCUT2D eigenvalue weighted by molar-refractivity contribution is -0.138. The molecule has 0 unspecified atom stereocenters. The molecule has 0 aliphatic carbocycles. The number of rotatable bonds is 4. The Balaban J connectivity index is 1.88. The number of carbonyl (C=O) groups is 2. The highest BCUT2D eigenvalue weighted by Crippen LogP contribution is 2.08. The van der Waals surface area contributed by atoms with Gasteiger partial charge in [-0.05, 0) is 18.9 Å². The molecule has 1 aromatic rings. The largest absolute Gasteiger partial charge is 0.480 e. The van der Waals surface area contributed by atoms with Crippen molar-refractivity contribution in [2.24, 2.45) is 0 Å². The quantitative estimate of drug-likeness (QED) is 0.904. The van der Waals surface area contributed by atoms with Crippen LogP contribution < -0.4 is 0 Å². The first-order valence-electron chi connectivity index (χ1n) is 7.32. The van der Waals surface area contributed by atoms with Crippen LogP contribution in [0.25, 0.3) is 0 Å². The lowest BCUT2D eigenvalue weighted by atomic mass is 10.1. The molecule has 0 radical (unpaired) electrons. The van der Waals surface area contributed by atoms with Crippen LogP contribution in [-0.2, 0) is 16.0 Å². The smallest absolute Gasteiger partial charge is 0.317 e. The summed E-state index contributed by atoms with van der Waals surface area (Å²) in [5, 5.41) is 8.83. The summed E-state index contributed by atoms with van der Waals surface area (Å²) < 4.78 is 0. The molecule has 0 atom stereocenters. The molecular weight excluding hydrogens is 268 g/mol. The maximum absolute atomic E-state index is 12.3. The number of benzene rings is 1. The van der Waals surface area contributed by atoms with E-state index in [0.717, 1.165) is 18.5 Å². The number of carboxylic acid groups (broad SMARTS) is 1. The lowest BCUT2D eigenvalue weighted by Crippen LogP contribution is -2.37. The molecule has 0 spiro atoms. The molecule has 0 aromatic heterocycles. The highest BCUT2D eigenvalue weighted by molar-refractivity contribution is 5.78. The van der Waals surface area contributed by atoms with Gasteiger partial charge in [0.2, 0.25) is 5.91 Å². The second-order valence-electron chi connectivity index (χ2n) is 5.57. The van der Waals surface area contributed by atoms with E-state index < -0.39 is 5.97 Å². The Morgan fingerprint density at radius 2 is 1.81 bits per heavy atom. The first kappa shape index (κ1) is 15.5. The average molecular weight is 290 g/mol. The normalized spacial score (nSPS) is 16.5. The first-order chi connectivity index (χ1) is 10.0. The SMILES string of the molecule is Cc1ccc(CC(=O)N2CCCN(CC(=O)O)CC2)cc1. The number of aliphatic carboxylic acids is 1. The van der Waals surface area contributed by atoms with E-state index >= 15 is 0 Å². The van der Waals surface area contributed by atoms with Crippen LogP contribution in [0, 0.1) is 6.92 Å². The van der Waals surface area contributed by atoms with Gasteiger partial charge in [-0.2, -0.15) is 0 Å². The first-order valence-corrected chi connectivity index (χ1v) is 7.32. The minimum Gasteiger partial charge on any atom is -0.480 e. The predicted octanol–water partition coefficient (Wildman–Crippen LogP) is 1.16. The molecule has 5 heteroatoms. The van der Waals surface area contributed by atoms with Crippen LogP contribution in [0.15, 0.2) is 24.3 Å². The molecule has 1 aromatic carbocycles. The van der Waals surface area contributed by atoms with Crippen molar-refractivity contribution in [3.8, 4) is 0 Å². The van der Waals surface area contributed by atoms with Crippen molar-refractivity contribution in [2.45, 2.75) is 19.8 Å². The third-order valence-corrected chi connectivity index (χ3v) is 3.78. The zero-order valence-electron chi connectivity index (χ0n) is 12.4. The molecule has 114 valence electrons. The van der Waals surface area contributed by atoms with Crippen LogP contribution in [0.4, 0.5) is 0 Å². The molecule has 5 nitrogen and oxygen atoms in total. The standard InChI is InChI=1S/C16H22N2O3/c1-13-3-5-14(6-4-13)11-15(19)18-8-2-7-17(9-10-18)12-16(20)21/h3-6H,2,7-12H2,1H3,(H,20,21). The van der Waals surface area contributed by atoms with Crippen molar-refractivity contribution in [3.63, 3.8) is 0 Å². The van der Waals surface area contributed by atoms with Gasteiger partial charge in [-0.15, -0.1) is 0 Å².